The first-order chi connectivity index (χ1) is 9.20. The average Bonchev–Trinajstić information content (AvgIpc) is 2.92. The van der Waals surface area contributed by atoms with Gasteiger partial charge in [0.2, 0.25) is 0 Å². The van der Waals surface area contributed by atoms with Crippen molar-refractivity contribution in [3.63, 3.8) is 0 Å². The van der Waals surface area contributed by atoms with Crippen LogP contribution in [0.5, 0.6) is 11.5 Å². The van der Waals surface area contributed by atoms with E-state index in [1.165, 1.54) is 6.26 Å². The Morgan fingerprint density at radius 3 is 2.68 bits per heavy atom. The van der Waals surface area contributed by atoms with Crippen molar-refractivity contribution in [1.82, 2.24) is 5.16 Å². The van der Waals surface area contributed by atoms with Crippen LogP contribution >= 0.6 is 0 Å². The van der Waals surface area contributed by atoms with Crippen LogP contribution in [-0.4, -0.2) is 24.3 Å². The predicted octanol–water partition coefficient (Wildman–Crippen LogP) is 2.09. The Bertz CT molecular complexity index is 539. The highest BCUT2D eigenvalue weighted by molar-refractivity contribution is 5.93. The lowest BCUT2D eigenvalue weighted by Crippen LogP contribution is -2.30. The second-order valence-corrected chi connectivity index (χ2v) is 3.78. The number of amides is 1. The van der Waals surface area contributed by atoms with Crippen LogP contribution in [0.2, 0.25) is 0 Å². The number of methoxy groups -OCH3 is 1. The molecule has 1 aromatic carbocycles. The summed E-state index contributed by atoms with van der Waals surface area (Å²) in [4.78, 5) is 11.9. The molecule has 2 rings (SSSR count). The topological polar surface area (TPSA) is 73.6 Å². The highest BCUT2D eigenvalue weighted by atomic mass is 16.5. The molecule has 0 saturated heterocycles. The number of ether oxygens (including phenoxy) is 2. The second kappa shape index (κ2) is 5.90. The third kappa shape index (κ3) is 3.25. The van der Waals surface area contributed by atoms with E-state index in [0.717, 1.165) is 0 Å². The van der Waals surface area contributed by atoms with Crippen molar-refractivity contribution in [2.24, 2.45) is 0 Å². The van der Waals surface area contributed by atoms with Crippen molar-refractivity contribution in [2.75, 3.05) is 12.4 Å². The molecule has 0 bridgehead atoms. The number of aromatic nitrogens is 1. The van der Waals surface area contributed by atoms with E-state index >= 15 is 0 Å². The summed E-state index contributed by atoms with van der Waals surface area (Å²) in [5, 5.41) is 6.16. The van der Waals surface area contributed by atoms with Crippen LogP contribution in [0, 0.1) is 0 Å². The van der Waals surface area contributed by atoms with Gasteiger partial charge in [-0.05, 0) is 19.1 Å². The third-order valence-corrected chi connectivity index (χ3v) is 2.43. The molecule has 0 fully saturated rings. The Morgan fingerprint density at radius 2 is 2.05 bits per heavy atom. The van der Waals surface area contributed by atoms with Crippen molar-refractivity contribution in [3.8, 4) is 11.5 Å². The summed E-state index contributed by atoms with van der Waals surface area (Å²) in [6.45, 7) is 1.64. The van der Waals surface area contributed by atoms with Gasteiger partial charge in [-0.25, -0.2) is 0 Å². The molecular formula is C13H14N2O4. The molecule has 0 aliphatic rings. The largest absolute Gasteiger partial charge is 0.493 e. The normalized spacial score (nSPS) is 11.7. The quantitative estimate of drug-likeness (QED) is 0.893. The van der Waals surface area contributed by atoms with Crippen LogP contribution in [0.25, 0.3) is 0 Å². The summed E-state index contributed by atoms with van der Waals surface area (Å²) in [5.41, 5.74) is 0. The molecule has 100 valence electrons. The van der Waals surface area contributed by atoms with E-state index < -0.39 is 6.10 Å². The van der Waals surface area contributed by atoms with Crippen LogP contribution in [0.1, 0.15) is 6.92 Å². The predicted molar refractivity (Wildman–Crippen MR) is 68.2 cm³/mol. The number of nitrogens with zero attached hydrogens (tertiary/aromatic N) is 1. The smallest absolute Gasteiger partial charge is 0.266 e. The van der Waals surface area contributed by atoms with Crippen LogP contribution in [0.15, 0.2) is 41.1 Å². The van der Waals surface area contributed by atoms with Crippen LogP contribution < -0.4 is 14.8 Å². The lowest BCUT2D eigenvalue weighted by atomic mass is 10.3. The van der Waals surface area contributed by atoms with Crippen molar-refractivity contribution < 1.29 is 18.8 Å². The van der Waals surface area contributed by atoms with Gasteiger partial charge in [-0.3, -0.25) is 4.79 Å². The molecule has 0 radical (unpaired) electrons. The van der Waals surface area contributed by atoms with E-state index in [1.54, 1.807) is 38.3 Å². The highest BCUT2D eigenvalue weighted by Gasteiger charge is 2.17. The van der Waals surface area contributed by atoms with Crippen LogP contribution in [0.4, 0.5) is 5.82 Å². The number of rotatable bonds is 5. The van der Waals surface area contributed by atoms with Crippen molar-refractivity contribution in [2.45, 2.75) is 13.0 Å². The number of anilines is 1. The summed E-state index contributed by atoms with van der Waals surface area (Å²) in [7, 11) is 1.54. The number of benzene rings is 1. The van der Waals surface area contributed by atoms with Crippen molar-refractivity contribution >= 4 is 11.7 Å². The highest BCUT2D eigenvalue weighted by Crippen LogP contribution is 2.26. The van der Waals surface area contributed by atoms with Gasteiger partial charge >= 0.3 is 0 Å². The maximum atomic E-state index is 11.9. The van der Waals surface area contributed by atoms with Crippen molar-refractivity contribution in [3.05, 3.63) is 36.6 Å². The van der Waals surface area contributed by atoms with E-state index in [-0.39, 0.29) is 5.91 Å². The molecule has 1 heterocycles. The maximum Gasteiger partial charge on any atom is 0.266 e. The number of hydrogen-bond acceptors (Lipinski definition) is 5. The SMILES string of the molecule is COc1ccccc1O[C@@H](C)C(=O)Nc1ccon1. The molecule has 1 atom stereocenters. The zero-order valence-electron chi connectivity index (χ0n) is 10.6. The van der Waals surface area contributed by atoms with E-state index in [4.69, 9.17) is 9.47 Å². The minimum atomic E-state index is -0.687. The van der Waals surface area contributed by atoms with Crippen molar-refractivity contribution in [1.29, 1.82) is 0 Å². The molecule has 0 aliphatic heterocycles. The minimum absolute atomic E-state index is 0.320. The number of nitrogens with one attached hydrogen (secondary N) is 1. The number of hydrogen-bond donors (Lipinski definition) is 1. The number of carbonyl (C=O) groups is 1. The van der Waals surface area contributed by atoms with E-state index in [9.17, 15) is 4.79 Å². The van der Waals surface area contributed by atoms with Gasteiger partial charge in [-0.1, -0.05) is 17.3 Å². The molecule has 6 heteroatoms. The Balaban J connectivity index is 2.00. The lowest BCUT2D eigenvalue weighted by Gasteiger charge is -2.15. The Morgan fingerprint density at radius 1 is 1.32 bits per heavy atom. The van der Waals surface area contributed by atoms with Gasteiger partial charge in [0.15, 0.2) is 23.4 Å². The molecule has 1 amide bonds. The maximum absolute atomic E-state index is 11.9. The first kappa shape index (κ1) is 12.9. The van der Waals surface area contributed by atoms with E-state index in [0.29, 0.717) is 17.3 Å². The fourth-order valence-electron chi connectivity index (χ4n) is 1.46. The van der Waals surface area contributed by atoms with E-state index in [1.807, 2.05) is 6.07 Å². The molecule has 6 nitrogen and oxygen atoms in total. The summed E-state index contributed by atoms with van der Waals surface area (Å²) in [6.07, 6.45) is 0.689. The monoisotopic (exact) mass is 262 g/mol. The van der Waals surface area contributed by atoms with Gasteiger partial charge in [0.1, 0.15) is 6.26 Å². The van der Waals surface area contributed by atoms with Gasteiger partial charge in [-0.2, -0.15) is 0 Å². The first-order valence-corrected chi connectivity index (χ1v) is 5.71. The summed E-state index contributed by atoms with van der Waals surface area (Å²) < 4.78 is 15.3. The molecule has 1 aromatic heterocycles. The Labute approximate surface area is 110 Å². The molecule has 0 unspecified atom stereocenters. The summed E-state index contributed by atoms with van der Waals surface area (Å²) >= 11 is 0. The Hall–Kier alpha value is -2.50. The van der Waals surface area contributed by atoms with E-state index in [2.05, 4.69) is 15.0 Å². The zero-order chi connectivity index (χ0) is 13.7. The third-order valence-electron chi connectivity index (χ3n) is 2.43. The van der Waals surface area contributed by atoms with Crippen LogP contribution in [0.3, 0.4) is 0 Å². The van der Waals surface area contributed by atoms with Gasteiger partial charge < -0.3 is 19.3 Å². The fourth-order valence-corrected chi connectivity index (χ4v) is 1.46. The summed E-state index contributed by atoms with van der Waals surface area (Å²) in [5.74, 6) is 1.11. The molecule has 0 saturated carbocycles. The standard InChI is InChI=1S/C13H14N2O4/c1-9(13(16)14-12-7-8-18-15-12)19-11-6-4-3-5-10(11)17-2/h3-9H,1-2H3,(H,14,15,16)/t9-/m0/s1. The molecule has 19 heavy (non-hydrogen) atoms. The first-order valence-electron chi connectivity index (χ1n) is 5.71. The molecule has 0 spiro atoms. The fraction of sp³-hybridized carbons (Fsp3) is 0.231. The van der Waals surface area contributed by atoms with Gasteiger partial charge in [0.25, 0.3) is 5.91 Å². The lowest BCUT2D eigenvalue weighted by molar-refractivity contribution is -0.122. The number of para-hydroxylation sites is 2. The molecule has 2 aromatic rings. The number of carbonyl (C=O) groups excluding carboxylic acids is 1. The zero-order valence-corrected chi connectivity index (χ0v) is 10.6. The Kier molecular flexibility index (Phi) is 4.02. The van der Waals surface area contributed by atoms with Gasteiger partial charge in [-0.15, -0.1) is 0 Å². The molecule has 0 aliphatic carbocycles. The second-order valence-electron chi connectivity index (χ2n) is 3.78. The average molecular weight is 262 g/mol. The molecular weight excluding hydrogens is 248 g/mol. The van der Waals surface area contributed by atoms with Gasteiger partial charge in [0, 0.05) is 6.07 Å². The summed E-state index contributed by atoms with van der Waals surface area (Å²) in [6, 6.07) is 8.68. The van der Waals surface area contributed by atoms with Gasteiger partial charge in [0.05, 0.1) is 7.11 Å². The minimum Gasteiger partial charge on any atom is -0.493 e. The molecule has 1 N–H and O–H groups in total. The van der Waals surface area contributed by atoms with Crippen LogP contribution in [-0.2, 0) is 4.79 Å².